The van der Waals surface area contributed by atoms with Crippen LogP contribution in [0.15, 0.2) is 59.2 Å². The number of carbonyl (C=O) groups is 1. The van der Waals surface area contributed by atoms with Crippen LogP contribution in [0.5, 0.6) is 5.75 Å². The van der Waals surface area contributed by atoms with Gasteiger partial charge in [0.05, 0.1) is 17.2 Å². The van der Waals surface area contributed by atoms with Crippen LogP contribution in [0.4, 0.5) is 8.78 Å². The molecule has 3 rings (SSSR count). The quantitative estimate of drug-likeness (QED) is 0.631. The van der Waals surface area contributed by atoms with E-state index in [1.54, 1.807) is 30.3 Å². The van der Waals surface area contributed by atoms with Gasteiger partial charge in [-0.1, -0.05) is 24.3 Å². The molecule has 0 N–H and O–H groups in total. The van der Waals surface area contributed by atoms with Crippen LogP contribution in [-0.4, -0.2) is 18.5 Å². The molecule has 0 bridgehead atoms. The van der Waals surface area contributed by atoms with E-state index in [0.717, 1.165) is 0 Å². The number of alkyl halides is 2. The number of halogens is 2. The number of benzene rings is 2. The zero-order chi connectivity index (χ0) is 17.8. The summed E-state index contributed by atoms with van der Waals surface area (Å²) >= 11 is 0. The van der Waals surface area contributed by atoms with E-state index in [4.69, 9.17) is 10.00 Å². The van der Waals surface area contributed by atoms with Crippen LogP contribution < -0.4 is 4.74 Å². The summed E-state index contributed by atoms with van der Waals surface area (Å²) in [5.41, 5.74) is 1.30. The molecule has 1 heterocycles. The number of nitriles is 1. The minimum atomic E-state index is -3.01. The molecule has 2 aromatic carbocycles. The lowest BCUT2D eigenvalue weighted by Crippen LogP contribution is -2.10. The number of carbonyl (C=O) groups excluding carboxylic acids is 1. The molecule has 0 spiro atoms. The number of hydrogen-bond acceptors (Lipinski definition) is 5. The van der Waals surface area contributed by atoms with Crippen LogP contribution >= 0.6 is 0 Å². The highest BCUT2D eigenvalue weighted by atomic mass is 19.3. The Bertz CT molecular complexity index is 913. The summed E-state index contributed by atoms with van der Waals surface area (Å²) in [5, 5.41) is 8.78. The zero-order valence-corrected chi connectivity index (χ0v) is 12.6. The van der Waals surface area contributed by atoms with Gasteiger partial charge in [-0.05, 0) is 35.9 Å². The van der Waals surface area contributed by atoms with E-state index in [1.807, 2.05) is 6.07 Å². The van der Waals surface area contributed by atoms with Gasteiger partial charge in [0.1, 0.15) is 5.75 Å². The zero-order valence-electron chi connectivity index (χ0n) is 12.6. The summed E-state index contributed by atoms with van der Waals surface area (Å²) in [6.45, 7) is -3.01. The van der Waals surface area contributed by atoms with E-state index in [9.17, 15) is 13.6 Å². The number of para-hydroxylation sites is 1. The Morgan fingerprint density at radius 2 is 1.88 bits per heavy atom. The van der Waals surface area contributed by atoms with Gasteiger partial charge in [0.2, 0.25) is 5.90 Å². The first-order valence-electron chi connectivity index (χ1n) is 7.14. The van der Waals surface area contributed by atoms with Crippen LogP contribution in [0.2, 0.25) is 0 Å². The minimum absolute atomic E-state index is 0.0200. The third-order valence-corrected chi connectivity index (χ3v) is 3.30. The molecule has 5 nitrogen and oxygen atoms in total. The number of rotatable bonds is 4. The fourth-order valence-electron chi connectivity index (χ4n) is 2.18. The van der Waals surface area contributed by atoms with Crippen molar-refractivity contribution < 1.29 is 23.0 Å². The van der Waals surface area contributed by atoms with E-state index < -0.39 is 12.6 Å². The molecule has 0 unspecified atom stereocenters. The van der Waals surface area contributed by atoms with Crippen molar-refractivity contribution in [3.63, 3.8) is 0 Å². The fourth-order valence-corrected chi connectivity index (χ4v) is 2.18. The Kier molecular flexibility index (Phi) is 4.53. The SMILES string of the molecule is N#Cc1ccc(/C=C2\N=C(c3ccccc3OC(F)F)OC2=O)cc1. The van der Waals surface area contributed by atoms with Crippen molar-refractivity contribution in [1.29, 1.82) is 5.26 Å². The van der Waals surface area contributed by atoms with Crippen molar-refractivity contribution in [2.75, 3.05) is 0 Å². The van der Waals surface area contributed by atoms with Gasteiger partial charge in [-0.3, -0.25) is 0 Å². The number of esters is 1. The van der Waals surface area contributed by atoms with Gasteiger partial charge in [0.15, 0.2) is 5.70 Å². The molecular formula is C18H10F2N2O3. The van der Waals surface area contributed by atoms with Gasteiger partial charge in [-0.25, -0.2) is 9.79 Å². The average molecular weight is 340 g/mol. The predicted octanol–water partition coefficient (Wildman–Crippen LogP) is 3.50. The molecule has 0 saturated heterocycles. The van der Waals surface area contributed by atoms with E-state index >= 15 is 0 Å². The Balaban J connectivity index is 1.93. The maximum atomic E-state index is 12.5. The summed E-state index contributed by atoms with van der Waals surface area (Å²) in [6.07, 6.45) is 1.48. The lowest BCUT2D eigenvalue weighted by Gasteiger charge is -2.08. The minimum Gasteiger partial charge on any atom is -0.434 e. The standard InChI is InChI=1S/C18H10F2N2O3/c19-18(20)24-15-4-2-1-3-13(15)16-22-14(17(23)25-16)9-11-5-7-12(10-21)8-6-11/h1-9,18H/b14-9-. The molecule has 0 amide bonds. The first kappa shape index (κ1) is 16.3. The molecule has 0 saturated carbocycles. The van der Waals surface area contributed by atoms with E-state index in [-0.39, 0.29) is 22.9 Å². The Morgan fingerprint density at radius 1 is 1.16 bits per heavy atom. The largest absolute Gasteiger partial charge is 0.434 e. The molecule has 1 aliphatic rings. The van der Waals surface area contributed by atoms with Crippen molar-refractivity contribution in [3.05, 3.63) is 70.9 Å². The van der Waals surface area contributed by atoms with Crippen LogP contribution in [-0.2, 0) is 9.53 Å². The smallest absolute Gasteiger partial charge is 0.387 e. The Hall–Kier alpha value is -3.53. The van der Waals surface area contributed by atoms with Gasteiger partial charge < -0.3 is 9.47 Å². The second-order valence-electron chi connectivity index (χ2n) is 4.94. The number of nitrogens with zero attached hydrogens (tertiary/aromatic N) is 2. The molecule has 7 heteroatoms. The number of ether oxygens (including phenoxy) is 2. The molecular weight excluding hydrogens is 330 g/mol. The van der Waals surface area contributed by atoms with Gasteiger partial charge in [0, 0.05) is 0 Å². The summed E-state index contributed by atoms with van der Waals surface area (Å²) in [5.74, 6) is -0.948. The van der Waals surface area contributed by atoms with Crippen LogP contribution in [0.3, 0.4) is 0 Å². The van der Waals surface area contributed by atoms with Crippen LogP contribution in [0.25, 0.3) is 6.08 Å². The van der Waals surface area contributed by atoms with Gasteiger partial charge >= 0.3 is 12.6 Å². The number of cyclic esters (lactones) is 1. The first-order chi connectivity index (χ1) is 12.1. The van der Waals surface area contributed by atoms with E-state index in [0.29, 0.717) is 11.1 Å². The highest BCUT2D eigenvalue weighted by molar-refractivity contribution is 6.13. The number of aliphatic imine (C=N–C) groups is 1. The second kappa shape index (κ2) is 6.93. The lowest BCUT2D eigenvalue weighted by molar-refractivity contribution is -0.129. The molecule has 25 heavy (non-hydrogen) atoms. The predicted molar refractivity (Wildman–Crippen MR) is 84.8 cm³/mol. The summed E-state index contributed by atoms with van der Waals surface area (Å²) in [7, 11) is 0. The molecule has 1 aliphatic heterocycles. The molecule has 2 aromatic rings. The first-order valence-corrected chi connectivity index (χ1v) is 7.14. The summed E-state index contributed by atoms with van der Waals surface area (Å²) in [4.78, 5) is 16.0. The fraction of sp³-hybridized carbons (Fsp3) is 0.0556. The molecule has 0 fully saturated rings. The van der Waals surface area contributed by atoms with Gasteiger partial charge in [-0.2, -0.15) is 14.0 Å². The maximum Gasteiger partial charge on any atom is 0.387 e. The highest BCUT2D eigenvalue weighted by Gasteiger charge is 2.26. The molecule has 0 radical (unpaired) electrons. The van der Waals surface area contributed by atoms with Crippen LogP contribution in [0, 0.1) is 11.3 Å². The summed E-state index contributed by atoms with van der Waals surface area (Å²) in [6, 6.07) is 14.4. The molecule has 0 atom stereocenters. The molecule has 0 aliphatic carbocycles. The van der Waals surface area contributed by atoms with Crippen molar-refractivity contribution in [2.45, 2.75) is 6.61 Å². The third kappa shape index (κ3) is 3.70. The third-order valence-electron chi connectivity index (χ3n) is 3.30. The normalized spacial score (nSPS) is 15.0. The van der Waals surface area contributed by atoms with Gasteiger partial charge in [0.25, 0.3) is 0 Å². The van der Waals surface area contributed by atoms with Crippen molar-refractivity contribution in [1.82, 2.24) is 0 Å². The van der Waals surface area contributed by atoms with E-state index in [2.05, 4.69) is 9.73 Å². The van der Waals surface area contributed by atoms with Crippen molar-refractivity contribution in [2.24, 2.45) is 4.99 Å². The number of hydrogen-bond donors (Lipinski definition) is 0. The van der Waals surface area contributed by atoms with Gasteiger partial charge in [-0.15, -0.1) is 0 Å². The molecule has 124 valence electrons. The maximum absolute atomic E-state index is 12.5. The van der Waals surface area contributed by atoms with Crippen molar-refractivity contribution >= 4 is 17.9 Å². The summed E-state index contributed by atoms with van der Waals surface area (Å²) < 4.78 is 34.5. The topological polar surface area (TPSA) is 71.7 Å². The monoisotopic (exact) mass is 340 g/mol. The van der Waals surface area contributed by atoms with E-state index in [1.165, 1.54) is 24.3 Å². The highest BCUT2D eigenvalue weighted by Crippen LogP contribution is 2.26. The van der Waals surface area contributed by atoms with Crippen LogP contribution in [0.1, 0.15) is 16.7 Å². The molecule has 0 aromatic heterocycles. The Labute approximate surface area is 141 Å². The second-order valence-corrected chi connectivity index (χ2v) is 4.94. The van der Waals surface area contributed by atoms with Crippen molar-refractivity contribution in [3.8, 4) is 11.8 Å². The average Bonchev–Trinajstić information content (AvgIpc) is 2.96. The lowest BCUT2D eigenvalue weighted by atomic mass is 10.1. The Morgan fingerprint density at radius 3 is 2.56 bits per heavy atom.